The molecule has 9 aromatic rings. The van der Waals surface area contributed by atoms with Crippen LogP contribution in [0.5, 0.6) is 0 Å². The van der Waals surface area contributed by atoms with Crippen LogP contribution >= 0.6 is 0 Å². The van der Waals surface area contributed by atoms with Gasteiger partial charge in [-0.2, -0.15) is 0 Å². The van der Waals surface area contributed by atoms with E-state index in [0.717, 1.165) is 61.5 Å². The number of pyridine rings is 1. The van der Waals surface area contributed by atoms with Gasteiger partial charge in [-0.25, -0.2) is 9.97 Å². The van der Waals surface area contributed by atoms with Gasteiger partial charge in [-0.05, 0) is 97.2 Å². The van der Waals surface area contributed by atoms with Gasteiger partial charge in [-0.3, -0.25) is 4.98 Å². The Hall–Kier alpha value is -7.23. The molecule has 0 unspecified atom stereocenters. The molecule has 0 aliphatic carbocycles. The van der Waals surface area contributed by atoms with Crippen molar-refractivity contribution in [3.05, 3.63) is 200 Å². The highest BCUT2D eigenvalue weighted by atomic mass is 14.9. The molecule has 0 aliphatic rings. The first-order valence-electron chi connectivity index (χ1n) is 18.6. The Morgan fingerprint density at radius 1 is 0.418 bits per heavy atom. The fraction of sp³-hybridized carbons (Fsp3) is 0.0192. The van der Waals surface area contributed by atoms with E-state index >= 15 is 0 Å². The summed E-state index contributed by atoms with van der Waals surface area (Å²) in [5, 5.41) is 4.87. The molecule has 7 aromatic carbocycles. The lowest BCUT2D eigenvalue weighted by Gasteiger charge is -2.15. The molecule has 0 fully saturated rings. The second-order valence-electron chi connectivity index (χ2n) is 13.6. The normalized spacial score (nSPS) is 11.4. The van der Waals surface area contributed by atoms with Gasteiger partial charge in [-0.1, -0.05) is 164 Å². The fourth-order valence-electron chi connectivity index (χ4n) is 7.53. The third kappa shape index (κ3) is 6.53. The van der Waals surface area contributed by atoms with E-state index in [1.54, 1.807) is 6.20 Å². The van der Waals surface area contributed by atoms with Crippen molar-refractivity contribution in [3.8, 4) is 67.3 Å². The number of hydrogen-bond acceptors (Lipinski definition) is 3. The summed E-state index contributed by atoms with van der Waals surface area (Å²) in [6.45, 7) is 6.25. The Morgan fingerprint density at radius 2 is 0.982 bits per heavy atom. The van der Waals surface area contributed by atoms with Gasteiger partial charge in [0.1, 0.15) is 0 Å². The average molecular weight is 704 g/mol. The minimum absolute atomic E-state index is 0.678. The second-order valence-corrected chi connectivity index (χ2v) is 13.6. The Balaban J connectivity index is 1.13. The molecule has 0 amide bonds. The molecule has 0 saturated carbocycles. The minimum atomic E-state index is 0.678. The number of aromatic nitrogens is 3. The summed E-state index contributed by atoms with van der Waals surface area (Å²) < 4.78 is 0. The first-order chi connectivity index (χ1) is 27.2. The van der Waals surface area contributed by atoms with Crippen molar-refractivity contribution in [2.24, 2.45) is 0 Å². The van der Waals surface area contributed by atoms with Gasteiger partial charge in [0, 0.05) is 29.1 Å². The highest BCUT2D eigenvalue weighted by Gasteiger charge is 2.15. The van der Waals surface area contributed by atoms with Crippen molar-refractivity contribution in [1.82, 2.24) is 15.0 Å². The molecule has 0 spiro atoms. The van der Waals surface area contributed by atoms with Crippen LogP contribution in [0.3, 0.4) is 0 Å². The molecular weight excluding hydrogens is 667 g/mol. The van der Waals surface area contributed by atoms with Crippen LogP contribution in [0.2, 0.25) is 0 Å². The van der Waals surface area contributed by atoms with Gasteiger partial charge in [0.15, 0.2) is 5.82 Å². The number of fused-ring (bicyclic) bond motifs is 3. The molecule has 0 aliphatic heterocycles. The first-order valence-corrected chi connectivity index (χ1v) is 18.6. The second kappa shape index (κ2) is 14.7. The fourth-order valence-corrected chi connectivity index (χ4v) is 7.53. The molecule has 2 heterocycles. The van der Waals surface area contributed by atoms with E-state index in [1.165, 1.54) is 32.7 Å². The molecule has 0 radical (unpaired) electrons. The summed E-state index contributed by atoms with van der Waals surface area (Å²) in [6.07, 6.45) is 9.95. The zero-order valence-electron chi connectivity index (χ0n) is 30.5. The van der Waals surface area contributed by atoms with E-state index < -0.39 is 0 Å². The SMILES string of the molecule is C=Cc1c(/C=C\C)c2ccccc2c2cc(-c3ccc(-c4nc(-c5ccc(-c6cccnc6)cc5)cc(-c5cccc(-c6ccccc6)c5)n4)cc3)ccc12. The number of benzene rings is 7. The van der Waals surface area contributed by atoms with Crippen molar-refractivity contribution in [2.75, 3.05) is 0 Å². The van der Waals surface area contributed by atoms with E-state index in [0.29, 0.717) is 5.82 Å². The quantitative estimate of drug-likeness (QED) is 0.148. The van der Waals surface area contributed by atoms with Gasteiger partial charge < -0.3 is 0 Å². The number of hydrogen-bond donors (Lipinski definition) is 0. The van der Waals surface area contributed by atoms with E-state index in [2.05, 4.69) is 182 Å². The van der Waals surface area contributed by atoms with E-state index in [1.807, 2.05) is 24.4 Å². The van der Waals surface area contributed by atoms with Crippen LogP contribution in [0.25, 0.3) is 101 Å². The molecule has 3 nitrogen and oxygen atoms in total. The number of rotatable bonds is 8. The number of nitrogens with zero attached hydrogens (tertiary/aromatic N) is 3. The molecule has 260 valence electrons. The van der Waals surface area contributed by atoms with Gasteiger partial charge >= 0.3 is 0 Å². The van der Waals surface area contributed by atoms with Crippen LogP contribution in [-0.2, 0) is 0 Å². The third-order valence-electron chi connectivity index (χ3n) is 10.3. The van der Waals surface area contributed by atoms with Gasteiger partial charge in [-0.15, -0.1) is 0 Å². The molecule has 0 saturated heterocycles. The maximum atomic E-state index is 5.18. The highest BCUT2D eigenvalue weighted by Crippen LogP contribution is 2.38. The third-order valence-corrected chi connectivity index (χ3v) is 10.3. The molecule has 2 aromatic heterocycles. The Bertz CT molecular complexity index is 2860. The Kier molecular flexibility index (Phi) is 8.95. The van der Waals surface area contributed by atoms with Gasteiger partial charge in [0.2, 0.25) is 0 Å². The maximum Gasteiger partial charge on any atom is 0.160 e. The Labute approximate surface area is 321 Å². The van der Waals surface area contributed by atoms with Crippen molar-refractivity contribution >= 4 is 33.7 Å². The zero-order valence-corrected chi connectivity index (χ0v) is 30.5. The van der Waals surface area contributed by atoms with Crippen LogP contribution in [-0.4, -0.2) is 15.0 Å². The molecule has 0 N–H and O–H groups in total. The predicted octanol–water partition coefficient (Wildman–Crippen LogP) is 13.9. The van der Waals surface area contributed by atoms with Crippen LogP contribution in [0.1, 0.15) is 18.1 Å². The minimum Gasteiger partial charge on any atom is -0.264 e. The van der Waals surface area contributed by atoms with E-state index in [4.69, 9.17) is 9.97 Å². The van der Waals surface area contributed by atoms with Gasteiger partial charge in [0.25, 0.3) is 0 Å². The lowest BCUT2D eigenvalue weighted by molar-refractivity contribution is 1.18. The summed E-state index contributed by atoms with van der Waals surface area (Å²) in [7, 11) is 0. The Morgan fingerprint density at radius 3 is 1.71 bits per heavy atom. The summed E-state index contributed by atoms with van der Waals surface area (Å²) in [6, 6.07) is 57.7. The molecule has 0 bridgehead atoms. The lowest BCUT2D eigenvalue weighted by Crippen LogP contribution is -1.96. The molecule has 3 heteroatoms. The van der Waals surface area contributed by atoms with Crippen LogP contribution < -0.4 is 0 Å². The van der Waals surface area contributed by atoms with Crippen molar-refractivity contribution in [2.45, 2.75) is 6.92 Å². The maximum absolute atomic E-state index is 5.18. The lowest BCUT2D eigenvalue weighted by atomic mass is 9.89. The summed E-state index contributed by atoms with van der Waals surface area (Å²) in [4.78, 5) is 14.7. The largest absolute Gasteiger partial charge is 0.264 e. The number of allylic oxidation sites excluding steroid dienone is 1. The highest BCUT2D eigenvalue weighted by molar-refractivity contribution is 6.15. The average Bonchev–Trinajstić information content (AvgIpc) is 3.27. The van der Waals surface area contributed by atoms with Crippen molar-refractivity contribution < 1.29 is 0 Å². The molecule has 9 rings (SSSR count). The summed E-state index contributed by atoms with van der Waals surface area (Å²) in [5.74, 6) is 0.678. The molecular formula is C52H37N3. The standard InChI is InChI=1S/C52H37N3/c1-3-12-45-44(4-2)48-29-28-41(32-49(48)47-19-9-8-18-46(45)47)36-22-26-39(27-23-36)52-54-50(38-24-20-37(21-25-38)43-17-11-30-53-34-43)33-51(55-52)42-16-10-15-40(31-42)35-13-6-5-7-14-35/h3-34H,2H2,1H3/b12-3-. The van der Waals surface area contributed by atoms with Crippen LogP contribution in [0.15, 0.2) is 189 Å². The molecule has 55 heavy (non-hydrogen) atoms. The van der Waals surface area contributed by atoms with Crippen LogP contribution in [0.4, 0.5) is 0 Å². The summed E-state index contributed by atoms with van der Waals surface area (Å²) in [5.41, 5.74) is 13.9. The topological polar surface area (TPSA) is 38.7 Å². The van der Waals surface area contributed by atoms with E-state index in [9.17, 15) is 0 Å². The predicted molar refractivity (Wildman–Crippen MR) is 232 cm³/mol. The zero-order chi connectivity index (χ0) is 37.1. The summed E-state index contributed by atoms with van der Waals surface area (Å²) >= 11 is 0. The van der Waals surface area contributed by atoms with Crippen molar-refractivity contribution in [1.29, 1.82) is 0 Å². The monoisotopic (exact) mass is 703 g/mol. The van der Waals surface area contributed by atoms with Crippen LogP contribution in [0, 0.1) is 0 Å². The first kappa shape index (κ1) is 33.6. The van der Waals surface area contributed by atoms with Gasteiger partial charge in [0.05, 0.1) is 11.4 Å². The van der Waals surface area contributed by atoms with E-state index in [-0.39, 0.29) is 0 Å². The molecule has 0 atom stereocenters. The smallest absolute Gasteiger partial charge is 0.160 e. The van der Waals surface area contributed by atoms with Crippen molar-refractivity contribution in [3.63, 3.8) is 0 Å².